The molecule has 5 heteroatoms. The number of aryl methyl sites for hydroxylation is 1. The molecule has 1 aromatic heterocycles. The molecule has 0 fully saturated rings. The van der Waals surface area contributed by atoms with E-state index >= 15 is 0 Å². The number of hydrogen-bond acceptors (Lipinski definition) is 5. The Bertz CT molecular complexity index is 984. The molecule has 1 rings (SSSR count). The summed E-state index contributed by atoms with van der Waals surface area (Å²) in [5.41, 5.74) is 2.29. The van der Waals surface area contributed by atoms with E-state index in [1.54, 1.807) is 11.3 Å². The van der Waals surface area contributed by atoms with Crippen LogP contribution in [0.4, 0.5) is 0 Å². The number of rotatable bonds is 16. The molecule has 0 saturated carbocycles. The van der Waals surface area contributed by atoms with Crippen LogP contribution < -0.4 is 0 Å². The Morgan fingerprint density at radius 1 is 1.16 bits per heavy atom. The number of esters is 1. The lowest BCUT2D eigenvalue weighted by atomic mass is 9.67. The summed E-state index contributed by atoms with van der Waals surface area (Å²) in [5.74, 6) is 0.272. The first-order valence-corrected chi connectivity index (χ1v) is 14.4. The summed E-state index contributed by atoms with van der Waals surface area (Å²) in [6.45, 7) is 26.0. The molecule has 0 N–H and O–H groups in total. The Hall–Kier alpha value is -2.27. The summed E-state index contributed by atoms with van der Waals surface area (Å²) in [6.07, 6.45) is 9.93. The maximum atomic E-state index is 13.5. The third-order valence-corrected chi connectivity index (χ3v) is 8.83. The number of aromatic nitrogens is 1. The lowest BCUT2D eigenvalue weighted by Crippen LogP contribution is -2.40. The van der Waals surface area contributed by atoms with Crippen molar-refractivity contribution >= 4 is 29.2 Å². The van der Waals surface area contributed by atoms with E-state index in [1.807, 2.05) is 65.2 Å². The summed E-state index contributed by atoms with van der Waals surface area (Å²) >= 11 is 1.59. The van der Waals surface area contributed by atoms with Gasteiger partial charge in [0.1, 0.15) is 11.9 Å². The fourth-order valence-corrected chi connectivity index (χ4v) is 5.05. The van der Waals surface area contributed by atoms with Gasteiger partial charge in [0.15, 0.2) is 0 Å². The molecule has 1 aromatic rings. The topological polar surface area (TPSA) is 56.3 Å². The maximum absolute atomic E-state index is 13.5. The number of nitrogens with zero attached hydrogens (tertiary/aromatic N) is 1. The van der Waals surface area contributed by atoms with E-state index < -0.39 is 11.5 Å². The highest BCUT2D eigenvalue weighted by atomic mass is 32.1. The van der Waals surface area contributed by atoms with Crippen LogP contribution in [0.15, 0.2) is 47.9 Å². The highest BCUT2D eigenvalue weighted by Crippen LogP contribution is 2.37. The molecule has 0 spiro atoms. The van der Waals surface area contributed by atoms with Crippen LogP contribution in [0.3, 0.4) is 0 Å². The van der Waals surface area contributed by atoms with Gasteiger partial charge in [-0.1, -0.05) is 78.8 Å². The van der Waals surface area contributed by atoms with Crippen LogP contribution >= 0.6 is 11.3 Å². The van der Waals surface area contributed by atoms with E-state index in [1.165, 1.54) is 0 Å². The fraction of sp³-hybridized carbons (Fsp3) is 0.594. The first-order valence-electron chi connectivity index (χ1n) is 13.5. The van der Waals surface area contributed by atoms with Crippen LogP contribution in [0.25, 0.3) is 6.08 Å². The molecule has 5 atom stereocenters. The quantitative estimate of drug-likeness (QED) is 0.122. The number of ketones is 1. The van der Waals surface area contributed by atoms with Gasteiger partial charge in [0.05, 0.1) is 10.7 Å². The molecule has 0 aliphatic carbocycles. The average Bonchev–Trinajstić information content (AvgIpc) is 3.26. The summed E-state index contributed by atoms with van der Waals surface area (Å²) in [7, 11) is 0. The summed E-state index contributed by atoms with van der Waals surface area (Å²) in [4.78, 5) is 31.2. The van der Waals surface area contributed by atoms with Crippen molar-refractivity contribution in [1.82, 2.24) is 4.98 Å². The second kappa shape index (κ2) is 15.2. The lowest BCUT2D eigenvalue weighted by Gasteiger charge is -2.35. The molecular weight excluding hydrogens is 478 g/mol. The van der Waals surface area contributed by atoms with Crippen molar-refractivity contribution in [1.29, 1.82) is 0 Å². The number of carbonyl (C=O) groups is 2. The van der Waals surface area contributed by atoms with E-state index in [0.29, 0.717) is 12.3 Å². The van der Waals surface area contributed by atoms with Gasteiger partial charge in [-0.25, -0.2) is 4.98 Å². The Labute approximate surface area is 230 Å². The molecule has 0 aliphatic rings. The van der Waals surface area contributed by atoms with Gasteiger partial charge in [0.25, 0.3) is 0 Å². The Kier molecular flexibility index (Phi) is 13.5. The minimum atomic E-state index is -0.642. The number of carbonyl (C=O) groups excluding carboxylic acids is 2. The fourth-order valence-electron chi connectivity index (χ4n) is 4.48. The van der Waals surface area contributed by atoms with Crippen molar-refractivity contribution in [3.05, 3.63) is 58.6 Å². The average molecular weight is 528 g/mol. The standard InChI is InChI=1S/C32H49NO3S/c1-12-15-21(4)24(7)25(8)31(35)32(10,11)23(6)19-30(34)36-29(17-16-27(13-2)14-3)22(5)18-28-20-37-26(9)33-28/h12-13,16,18,20-21,23-25,29H,1-2,14-15,17,19H2,3-11H3/b22-18+,27-16+/t21-,23-,24-,25+,29-/m0/s1. The van der Waals surface area contributed by atoms with Gasteiger partial charge in [-0.3, -0.25) is 9.59 Å². The smallest absolute Gasteiger partial charge is 0.306 e. The first kappa shape index (κ1) is 32.8. The molecule has 37 heavy (non-hydrogen) atoms. The van der Waals surface area contributed by atoms with Gasteiger partial charge in [-0.05, 0) is 56.1 Å². The third kappa shape index (κ3) is 9.85. The first-order chi connectivity index (χ1) is 17.3. The normalized spacial score (nSPS) is 16.9. The van der Waals surface area contributed by atoms with Gasteiger partial charge in [-0.2, -0.15) is 0 Å². The van der Waals surface area contributed by atoms with Crippen molar-refractivity contribution in [2.75, 3.05) is 0 Å². The van der Waals surface area contributed by atoms with Crippen molar-refractivity contribution in [3.63, 3.8) is 0 Å². The molecule has 0 radical (unpaired) electrons. The largest absolute Gasteiger partial charge is 0.457 e. The molecule has 0 unspecified atom stereocenters. The third-order valence-electron chi connectivity index (χ3n) is 8.04. The molecule has 206 valence electrons. The second-order valence-corrected chi connectivity index (χ2v) is 12.1. The Morgan fingerprint density at radius 3 is 2.32 bits per heavy atom. The SMILES string of the molecule is C=CC[C@H](C)[C@H](C)[C@@H](C)C(=O)C(C)(C)[C@@H](C)CC(=O)O[C@@H](C/C=C(\C=C)CC)/C(C)=C/c1csc(C)n1. The van der Waals surface area contributed by atoms with Crippen molar-refractivity contribution in [2.45, 2.75) is 94.1 Å². The van der Waals surface area contributed by atoms with E-state index in [2.05, 4.69) is 45.0 Å². The zero-order valence-corrected chi connectivity index (χ0v) is 25.4. The van der Waals surface area contributed by atoms with Gasteiger partial charge < -0.3 is 4.74 Å². The number of Topliss-reactive ketones (excluding diaryl/α,β-unsaturated/α-hetero) is 1. The molecule has 0 aromatic carbocycles. The molecule has 0 bridgehead atoms. The van der Waals surface area contributed by atoms with Crippen molar-refractivity contribution in [2.24, 2.45) is 29.1 Å². The predicted molar refractivity (Wildman–Crippen MR) is 158 cm³/mol. The van der Waals surface area contributed by atoms with E-state index in [9.17, 15) is 9.59 Å². The molecule has 0 aliphatic heterocycles. The Morgan fingerprint density at radius 2 is 1.81 bits per heavy atom. The van der Waals surface area contributed by atoms with Crippen LogP contribution in [0, 0.1) is 36.0 Å². The summed E-state index contributed by atoms with van der Waals surface area (Å²) in [6, 6.07) is 0. The van der Waals surface area contributed by atoms with Crippen LogP contribution in [0.5, 0.6) is 0 Å². The molecule has 1 heterocycles. The zero-order chi connectivity index (χ0) is 28.3. The minimum Gasteiger partial charge on any atom is -0.457 e. The maximum Gasteiger partial charge on any atom is 0.306 e. The van der Waals surface area contributed by atoms with Gasteiger partial charge >= 0.3 is 5.97 Å². The van der Waals surface area contributed by atoms with Crippen molar-refractivity contribution in [3.8, 4) is 0 Å². The van der Waals surface area contributed by atoms with Gasteiger partial charge in [-0.15, -0.1) is 17.9 Å². The number of thiazole rings is 1. The number of allylic oxidation sites excluding steroid dienone is 3. The molecule has 0 amide bonds. The van der Waals surface area contributed by atoms with E-state index in [0.717, 1.165) is 34.7 Å². The molecular formula is C32H49NO3S. The minimum absolute atomic E-state index is 0.0978. The molecule has 0 saturated heterocycles. The monoisotopic (exact) mass is 527 g/mol. The van der Waals surface area contributed by atoms with Crippen LogP contribution in [-0.4, -0.2) is 22.8 Å². The van der Waals surface area contributed by atoms with Crippen LogP contribution in [-0.2, 0) is 14.3 Å². The number of ether oxygens (including phenoxy) is 1. The number of hydrogen-bond donors (Lipinski definition) is 0. The highest BCUT2D eigenvalue weighted by molar-refractivity contribution is 7.09. The van der Waals surface area contributed by atoms with E-state index in [4.69, 9.17) is 4.74 Å². The van der Waals surface area contributed by atoms with Gasteiger partial charge in [0, 0.05) is 29.6 Å². The van der Waals surface area contributed by atoms with Crippen LogP contribution in [0.1, 0.15) is 91.8 Å². The van der Waals surface area contributed by atoms with Crippen molar-refractivity contribution < 1.29 is 14.3 Å². The predicted octanol–water partition coefficient (Wildman–Crippen LogP) is 8.79. The molecule has 4 nitrogen and oxygen atoms in total. The highest BCUT2D eigenvalue weighted by Gasteiger charge is 2.40. The van der Waals surface area contributed by atoms with Gasteiger partial charge in [0.2, 0.25) is 0 Å². The second-order valence-electron chi connectivity index (χ2n) is 11.1. The lowest BCUT2D eigenvalue weighted by molar-refractivity contribution is -0.150. The van der Waals surface area contributed by atoms with Crippen LogP contribution in [0.2, 0.25) is 0 Å². The zero-order valence-electron chi connectivity index (χ0n) is 24.6. The summed E-state index contributed by atoms with van der Waals surface area (Å²) < 4.78 is 6.02. The Balaban J connectivity index is 3.02. The summed E-state index contributed by atoms with van der Waals surface area (Å²) in [5, 5.41) is 3.00. The van der Waals surface area contributed by atoms with E-state index in [-0.39, 0.29) is 35.9 Å².